The molecule has 0 spiro atoms. The van der Waals surface area contributed by atoms with Crippen LogP contribution in [0.5, 0.6) is 0 Å². The molecule has 2 unspecified atom stereocenters. The van der Waals surface area contributed by atoms with Crippen LogP contribution >= 0.6 is 0 Å². The monoisotopic (exact) mass is 596 g/mol. The summed E-state index contributed by atoms with van der Waals surface area (Å²) >= 11 is 0. The van der Waals surface area contributed by atoms with Crippen molar-refractivity contribution < 1.29 is 48.7 Å². The summed E-state index contributed by atoms with van der Waals surface area (Å²) in [7, 11) is -2.41. The maximum Gasteiger partial charge on any atom is 0.416 e. The van der Waals surface area contributed by atoms with Gasteiger partial charge in [0.15, 0.2) is 9.84 Å². The standard InChI is InChI=1S/C26H27F7N2O4S/c1-15-8-19(27)4-5-20(15)22-13-35(23(36)14-40(3,38)39)7-6-21(22)24(37)34(2)12-16-9-17(25(28,29)30)11-18(10-16)26(31,32)33/h4-5,8-11,21-22H,6-7,12-14H2,1-3H3. The molecule has 1 aliphatic heterocycles. The van der Waals surface area contributed by atoms with Crippen molar-refractivity contribution in [2.75, 3.05) is 32.1 Å². The molecule has 0 N–H and O–H groups in total. The van der Waals surface area contributed by atoms with Crippen molar-refractivity contribution in [2.45, 2.75) is 38.2 Å². The number of amides is 2. The fourth-order valence-corrected chi connectivity index (χ4v) is 5.54. The van der Waals surface area contributed by atoms with Crippen LogP contribution in [0.1, 0.15) is 40.2 Å². The molecule has 1 fully saturated rings. The van der Waals surface area contributed by atoms with Crippen molar-refractivity contribution >= 4 is 21.7 Å². The van der Waals surface area contributed by atoms with Crippen LogP contribution < -0.4 is 0 Å². The first kappa shape index (κ1) is 31.4. The highest BCUT2D eigenvalue weighted by Gasteiger charge is 2.40. The van der Waals surface area contributed by atoms with Crippen LogP contribution in [0, 0.1) is 18.7 Å². The lowest BCUT2D eigenvalue weighted by Crippen LogP contribution is -2.49. The molecule has 3 rings (SSSR count). The van der Waals surface area contributed by atoms with E-state index in [9.17, 15) is 48.7 Å². The molecule has 0 radical (unpaired) electrons. The summed E-state index contributed by atoms with van der Waals surface area (Å²) < 4.78 is 117. The van der Waals surface area contributed by atoms with Crippen LogP contribution in [0.4, 0.5) is 30.7 Å². The lowest BCUT2D eigenvalue weighted by Gasteiger charge is -2.40. The minimum absolute atomic E-state index is 0.00188. The molecule has 0 bridgehead atoms. The molecular weight excluding hydrogens is 569 g/mol. The van der Waals surface area contributed by atoms with Gasteiger partial charge in [-0.05, 0) is 60.4 Å². The van der Waals surface area contributed by atoms with E-state index in [1.165, 1.54) is 24.1 Å². The molecule has 220 valence electrons. The van der Waals surface area contributed by atoms with E-state index in [2.05, 4.69) is 0 Å². The zero-order chi connectivity index (χ0) is 30.2. The van der Waals surface area contributed by atoms with Gasteiger partial charge in [0.05, 0.1) is 11.1 Å². The number of likely N-dealkylation sites (tertiary alicyclic amines) is 1. The van der Waals surface area contributed by atoms with E-state index in [4.69, 9.17) is 0 Å². The molecular formula is C26H27F7N2O4S. The number of hydrogen-bond donors (Lipinski definition) is 0. The summed E-state index contributed by atoms with van der Waals surface area (Å²) in [6, 6.07) is 4.91. The average molecular weight is 597 g/mol. The number of hydrogen-bond acceptors (Lipinski definition) is 4. The Morgan fingerprint density at radius 1 is 1.00 bits per heavy atom. The van der Waals surface area contributed by atoms with Gasteiger partial charge in [-0.3, -0.25) is 9.59 Å². The third-order valence-electron chi connectivity index (χ3n) is 6.74. The van der Waals surface area contributed by atoms with E-state index >= 15 is 0 Å². The number of halogens is 7. The first-order valence-electron chi connectivity index (χ1n) is 12.0. The van der Waals surface area contributed by atoms with Gasteiger partial charge in [0.1, 0.15) is 11.6 Å². The van der Waals surface area contributed by atoms with Crippen molar-refractivity contribution in [2.24, 2.45) is 5.92 Å². The lowest BCUT2D eigenvalue weighted by molar-refractivity contribution is -0.143. The van der Waals surface area contributed by atoms with E-state index in [0.717, 1.165) is 17.2 Å². The van der Waals surface area contributed by atoms with Gasteiger partial charge >= 0.3 is 12.4 Å². The van der Waals surface area contributed by atoms with Crippen molar-refractivity contribution in [3.63, 3.8) is 0 Å². The Morgan fingerprint density at radius 3 is 2.08 bits per heavy atom. The normalized spacial score (nSPS) is 18.5. The number of aryl methyl sites for hydroxylation is 1. The lowest BCUT2D eigenvalue weighted by atomic mass is 9.78. The highest BCUT2D eigenvalue weighted by atomic mass is 32.2. The van der Waals surface area contributed by atoms with E-state index < -0.39 is 75.1 Å². The zero-order valence-corrected chi connectivity index (χ0v) is 22.6. The maximum atomic E-state index is 13.8. The molecule has 0 saturated carbocycles. The Bertz CT molecular complexity index is 1360. The van der Waals surface area contributed by atoms with E-state index in [0.29, 0.717) is 23.3 Å². The van der Waals surface area contributed by atoms with E-state index in [-0.39, 0.29) is 31.1 Å². The predicted molar refractivity (Wildman–Crippen MR) is 131 cm³/mol. The molecule has 2 amide bonds. The van der Waals surface area contributed by atoms with Gasteiger partial charge in [-0.15, -0.1) is 0 Å². The molecule has 0 aliphatic carbocycles. The van der Waals surface area contributed by atoms with Gasteiger partial charge in [0.25, 0.3) is 0 Å². The van der Waals surface area contributed by atoms with Crippen molar-refractivity contribution in [3.8, 4) is 0 Å². The average Bonchev–Trinajstić information content (AvgIpc) is 2.81. The van der Waals surface area contributed by atoms with Gasteiger partial charge in [0.2, 0.25) is 11.8 Å². The van der Waals surface area contributed by atoms with Gasteiger partial charge in [-0.2, -0.15) is 26.3 Å². The zero-order valence-electron chi connectivity index (χ0n) is 21.7. The predicted octanol–water partition coefficient (Wildman–Crippen LogP) is 4.81. The summed E-state index contributed by atoms with van der Waals surface area (Å²) in [5.74, 6) is -4.20. The number of benzene rings is 2. The number of alkyl halides is 6. The van der Waals surface area contributed by atoms with Gasteiger partial charge in [-0.1, -0.05) is 6.07 Å². The van der Waals surface area contributed by atoms with Crippen molar-refractivity contribution in [1.29, 1.82) is 0 Å². The number of carbonyl (C=O) groups excluding carboxylic acids is 2. The third-order valence-corrected chi connectivity index (χ3v) is 7.51. The van der Waals surface area contributed by atoms with E-state index in [1.54, 1.807) is 6.92 Å². The second kappa shape index (κ2) is 11.4. The van der Waals surface area contributed by atoms with Crippen molar-refractivity contribution in [1.82, 2.24) is 9.80 Å². The van der Waals surface area contributed by atoms with Gasteiger partial charge in [0, 0.05) is 44.8 Å². The van der Waals surface area contributed by atoms with Crippen LogP contribution in [0.2, 0.25) is 0 Å². The quantitative estimate of drug-likeness (QED) is 0.449. The van der Waals surface area contributed by atoms with Crippen LogP contribution in [-0.2, 0) is 38.3 Å². The molecule has 14 heteroatoms. The summed E-state index contributed by atoms with van der Waals surface area (Å²) in [6.07, 6.45) is -9.16. The molecule has 1 heterocycles. The molecule has 2 aromatic rings. The number of sulfone groups is 1. The minimum atomic E-state index is -5.05. The van der Waals surface area contributed by atoms with Crippen LogP contribution in [0.3, 0.4) is 0 Å². The molecule has 1 saturated heterocycles. The number of carbonyl (C=O) groups is 2. The highest BCUT2D eigenvalue weighted by molar-refractivity contribution is 7.91. The number of rotatable bonds is 6. The SMILES string of the molecule is Cc1cc(F)ccc1C1CN(C(=O)CS(C)(=O)=O)CCC1C(=O)N(C)Cc1cc(C(F)(F)F)cc(C(F)(F)F)c1. The Balaban J connectivity index is 1.93. The fraction of sp³-hybridized carbons (Fsp3) is 0.462. The largest absolute Gasteiger partial charge is 0.416 e. The van der Waals surface area contributed by atoms with Gasteiger partial charge in [-0.25, -0.2) is 12.8 Å². The minimum Gasteiger partial charge on any atom is -0.341 e. The molecule has 2 aromatic carbocycles. The first-order chi connectivity index (χ1) is 18.3. The van der Waals surface area contributed by atoms with E-state index in [1.807, 2.05) is 0 Å². The number of piperidine rings is 1. The summed E-state index contributed by atoms with van der Waals surface area (Å²) in [5.41, 5.74) is -2.43. The second-order valence-electron chi connectivity index (χ2n) is 10.0. The maximum absolute atomic E-state index is 13.8. The number of nitrogens with zero attached hydrogens (tertiary/aromatic N) is 2. The second-order valence-corrected chi connectivity index (χ2v) is 12.2. The van der Waals surface area contributed by atoms with Crippen LogP contribution in [-0.4, -0.2) is 62.2 Å². The molecule has 40 heavy (non-hydrogen) atoms. The topological polar surface area (TPSA) is 74.8 Å². The summed E-state index contributed by atoms with van der Waals surface area (Å²) in [5, 5.41) is 0. The molecule has 0 aromatic heterocycles. The Labute approximate surface area is 226 Å². The van der Waals surface area contributed by atoms with Crippen molar-refractivity contribution in [3.05, 3.63) is 70.0 Å². The fourth-order valence-electron chi connectivity index (χ4n) is 4.91. The summed E-state index contributed by atoms with van der Waals surface area (Å²) in [6.45, 7) is 0.931. The smallest absolute Gasteiger partial charge is 0.341 e. The Morgan fingerprint density at radius 2 is 1.57 bits per heavy atom. The van der Waals surface area contributed by atoms with Crippen LogP contribution in [0.15, 0.2) is 36.4 Å². The Kier molecular flexibility index (Phi) is 8.92. The van der Waals surface area contributed by atoms with Gasteiger partial charge < -0.3 is 9.80 Å². The third kappa shape index (κ3) is 7.73. The summed E-state index contributed by atoms with van der Waals surface area (Å²) in [4.78, 5) is 28.4. The first-order valence-corrected chi connectivity index (χ1v) is 14.1. The molecule has 1 aliphatic rings. The molecule has 2 atom stereocenters. The molecule has 6 nitrogen and oxygen atoms in total. The Hall–Kier alpha value is -3.16. The highest BCUT2D eigenvalue weighted by Crippen LogP contribution is 2.38. The van der Waals surface area contributed by atoms with Crippen LogP contribution in [0.25, 0.3) is 0 Å².